The molecular weight excluding hydrogens is 340 g/mol. The van der Waals surface area contributed by atoms with Gasteiger partial charge in [-0.2, -0.15) is 0 Å². The van der Waals surface area contributed by atoms with Crippen molar-refractivity contribution < 1.29 is 4.92 Å². The predicted octanol–water partition coefficient (Wildman–Crippen LogP) is 4.68. The Balaban J connectivity index is 2.13. The number of nitrogens with one attached hydrogen (secondary N) is 1. The van der Waals surface area contributed by atoms with E-state index in [9.17, 15) is 10.1 Å². The molecule has 0 radical (unpaired) electrons. The Morgan fingerprint density at radius 2 is 2.22 bits per heavy atom. The summed E-state index contributed by atoms with van der Waals surface area (Å²) in [6, 6.07) is 6.33. The van der Waals surface area contributed by atoms with E-state index in [1.807, 2.05) is 11.4 Å². The fourth-order valence-electron chi connectivity index (χ4n) is 1.40. The molecule has 0 amide bonds. The maximum absolute atomic E-state index is 10.7. The van der Waals surface area contributed by atoms with Gasteiger partial charge in [0.05, 0.1) is 19.4 Å². The molecule has 0 spiro atoms. The zero-order chi connectivity index (χ0) is 13.1. The molecule has 1 aromatic carbocycles. The van der Waals surface area contributed by atoms with Crippen molar-refractivity contribution in [3.63, 3.8) is 0 Å². The number of nitro groups is 1. The number of rotatable bonds is 4. The second-order valence-electron chi connectivity index (χ2n) is 3.53. The molecule has 0 aliphatic carbocycles. The molecule has 2 rings (SSSR count). The third-order valence-electron chi connectivity index (χ3n) is 2.27. The molecule has 0 fully saturated rings. The second-order valence-corrected chi connectivity index (χ2v) is 6.23. The maximum Gasteiger partial charge on any atom is 0.271 e. The van der Waals surface area contributed by atoms with E-state index >= 15 is 0 Å². The number of non-ortho nitro benzene ring substituents is 1. The lowest BCUT2D eigenvalue weighted by atomic mass is 10.2. The van der Waals surface area contributed by atoms with Gasteiger partial charge in [-0.3, -0.25) is 10.1 Å². The van der Waals surface area contributed by atoms with Crippen molar-refractivity contribution in [2.24, 2.45) is 0 Å². The quantitative estimate of drug-likeness (QED) is 0.645. The lowest BCUT2D eigenvalue weighted by Gasteiger charge is -2.06. The van der Waals surface area contributed by atoms with Gasteiger partial charge < -0.3 is 5.32 Å². The number of hydrogen-bond donors (Lipinski definition) is 1. The molecule has 18 heavy (non-hydrogen) atoms. The van der Waals surface area contributed by atoms with Gasteiger partial charge in [-0.05, 0) is 39.0 Å². The Morgan fingerprint density at radius 1 is 1.44 bits per heavy atom. The SMILES string of the molecule is O=[N+]([O-])c1ccc(Cl)c(NCc2csc(Br)c2)c1. The van der Waals surface area contributed by atoms with Gasteiger partial charge in [-0.1, -0.05) is 11.6 Å². The van der Waals surface area contributed by atoms with E-state index in [0.29, 0.717) is 17.3 Å². The Kier molecular flexibility index (Phi) is 4.21. The van der Waals surface area contributed by atoms with Crippen LogP contribution in [-0.4, -0.2) is 4.92 Å². The van der Waals surface area contributed by atoms with E-state index in [0.717, 1.165) is 9.35 Å². The highest BCUT2D eigenvalue weighted by atomic mass is 79.9. The monoisotopic (exact) mass is 346 g/mol. The lowest BCUT2D eigenvalue weighted by molar-refractivity contribution is -0.384. The van der Waals surface area contributed by atoms with Crippen LogP contribution in [0.4, 0.5) is 11.4 Å². The molecule has 1 heterocycles. The van der Waals surface area contributed by atoms with Gasteiger partial charge in [-0.25, -0.2) is 0 Å². The number of hydrogen-bond acceptors (Lipinski definition) is 4. The van der Waals surface area contributed by atoms with E-state index in [1.165, 1.54) is 18.2 Å². The summed E-state index contributed by atoms with van der Waals surface area (Å²) in [5.74, 6) is 0. The van der Waals surface area contributed by atoms with Gasteiger partial charge in [0.2, 0.25) is 0 Å². The molecule has 0 aliphatic heterocycles. The Morgan fingerprint density at radius 3 is 2.83 bits per heavy atom. The van der Waals surface area contributed by atoms with Gasteiger partial charge in [0.1, 0.15) is 0 Å². The van der Waals surface area contributed by atoms with Crippen LogP contribution in [0.1, 0.15) is 5.56 Å². The average molecular weight is 348 g/mol. The van der Waals surface area contributed by atoms with Crippen LogP contribution in [0.2, 0.25) is 5.02 Å². The van der Waals surface area contributed by atoms with Crippen molar-refractivity contribution in [3.05, 3.63) is 54.1 Å². The lowest BCUT2D eigenvalue weighted by Crippen LogP contribution is -1.99. The van der Waals surface area contributed by atoms with E-state index in [1.54, 1.807) is 11.3 Å². The first-order chi connectivity index (χ1) is 8.56. The zero-order valence-electron chi connectivity index (χ0n) is 9.02. The molecule has 2 aromatic rings. The number of thiophene rings is 1. The van der Waals surface area contributed by atoms with Gasteiger partial charge >= 0.3 is 0 Å². The van der Waals surface area contributed by atoms with Crippen LogP contribution >= 0.6 is 38.9 Å². The number of benzene rings is 1. The number of nitro benzene ring substituents is 1. The van der Waals surface area contributed by atoms with Crippen LogP contribution in [0.25, 0.3) is 0 Å². The molecule has 0 unspecified atom stereocenters. The van der Waals surface area contributed by atoms with E-state index in [-0.39, 0.29) is 5.69 Å². The molecule has 1 aromatic heterocycles. The van der Waals surface area contributed by atoms with Crippen molar-refractivity contribution in [1.82, 2.24) is 0 Å². The largest absolute Gasteiger partial charge is 0.380 e. The first-order valence-corrected chi connectivity index (χ1v) is 7.02. The summed E-state index contributed by atoms with van der Waals surface area (Å²) in [6.07, 6.45) is 0. The maximum atomic E-state index is 10.7. The fourth-order valence-corrected chi connectivity index (χ4v) is 2.79. The molecule has 0 bridgehead atoms. The van der Waals surface area contributed by atoms with Gasteiger partial charge in [0.25, 0.3) is 5.69 Å². The molecular formula is C11H8BrClN2O2S. The molecule has 7 heteroatoms. The third kappa shape index (κ3) is 3.22. The summed E-state index contributed by atoms with van der Waals surface area (Å²) in [6.45, 7) is 0.572. The molecule has 0 saturated heterocycles. The first-order valence-electron chi connectivity index (χ1n) is 4.97. The molecule has 4 nitrogen and oxygen atoms in total. The van der Waals surface area contributed by atoms with Crippen molar-refractivity contribution >= 4 is 50.2 Å². The highest BCUT2D eigenvalue weighted by Crippen LogP contribution is 2.28. The van der Waals surface area contributed by atoms with Crippen molar-refractivity contribution in [2.45, 2.75) is 6.54 Å². The number of nitrogens with zero attached hydrogens (tertiary/aromatic N) is 1. The Hall–Kier alpha value is -1.11. The third-order valence-corrected chi connectivity index (χ3v) is 4.15. The second kappa shape index (κ2) is 5.69. The van der Waals surface area contributed by atoms with Crippen LogP contribution in [-0.2, 0) is 6.54 Å². The van der Waals surface area contributed by atoms with E-state index in [2.05, 4.69) is 21.2 Å². The minimum atomic E-state index is -0.442. The number of anilines is 1. The molecule has 94 valence electrons. The summed E-state index contributed by atoms with van der Waals surface area (Å²) in [5, 5.41) is 16.2. The van der Waals surface area contributed by atoms with Crippen LogP contribution in [0.15, 0.2) is 33.4 Å². The molecule has 1 N–H and O–H groups in total. The van der Waals surface area contributed by atoms with Gasteiger partial charge in [0.15, 0.2) is 0 Å². The zero-order valence-corrected chi connectivity index (χ0v) is 12.2. The van der Waals surface area contributed by atoms with Crippen molar-refractivity contribution in [3.8, 4) is 0 Å². The summed E-state index contributed by atoms with van der Waals surface area (Å²) in [5.41, 5.74) is 1.68. The molecule has 0 aliphatic rings. The molecule has 0 saturated carbocycles. The predicted molar refractivity (Wildman–Crippen MR) is 77.5 cm³/mol. The topological polar surface area (TPSA) is 55.2 Å². The normalized spacial score (nSPS) is 10.3. The number of halogens is 2. The van der Waals surface area contributed by atoms with E-state index in [4.69, 9.17) is 11.6 Å². The minimum absolute atomic E-state index is 0.0217. The van der Waals surface area contributed by atoms with Crippen LogP contribution in [0.5, 0.6) is 0 Å². The van der Waals surface area contributed by atoms with Crippen LogP contribution in [0, 0.1) is 10.1 Å². The average Bonchev–Trinajstić information content (AvgIpc) is 2.74. The fraction of sp³-hybridized carbons (Fsp3) is 0.0909. The van der Waals surface area contributed by atoms with E-state index < -0.39 is 4.92 Å². The van der Waals surface area contributed by atoms with Crippen LogP contribution in [0.3, 0.4) is 0 Å². The highest BCUT2D eigenvalue weighted by Gasteiger charge is 2.09. The summed E-state index contributed by atoms with van der Waals surface area (Å²) in [7, 11) is 0. The highest BCUT2D eigenvalue weighted by molar-refractivity contribution is 9.11. The smallest absolute Gasteiger partial charge is 0.271 e. The Bertz CT molecular complexity index is 588. The van der Waals surface area contributed by atoms with Gasteiger partial charge in [0, 0.05) is 18.7 Å². The Labute approximate surface area is 121 Å². The minimum Gasteiger partial charge on any atom is -0.380 e. The van der Waals surface area contributed by atoms with Crippen molar-refractivity contribution in [2.75, 3.05) is 5.32 Å². The first kappa shape index (κ1) is 13.3. The summed E-state index contributed by atoms with van der Waals surface area (Å²) < 4.78 is 1.05. The summed E-state index contributed by atoms with van der Waals surface area (Å²) >= 11 is 10.9. The van der Waals surface area contributed by atoms with Crippen LogP contribution < -0.4 is 5.32 Å². The van der Waals surface area contributed by atoms with Gasteiger partial charge in [-0.15, -0.1) is 11.3 Å². The standard InChI is InChI=1S/C11H8BrClN2O2S/c12-11-3-7(6-18-11)5-14-10-4-8(15(16)17)1-2-9(10)13/h1-4,6,14H,5H2. The molecule has 0 atom stereocenters. The van der Waals surface area contributed by atoms with Crippen molar-refractivity contribution in [1.29, 1.82) is 0 Å². The summed E-state index contributed by atoms with van der Waals surface area (Å²) in [4.78, 5) is 10.2.